The molecule has 0 radical (unpaired) electrons. The molecule has 1 amide bonds. The molecule has 162 valence electrons. The van der Waals surface area contributed by atoms with Crippen LogP contribution >= 0.6 is 23.5 Å². The van der Waals surface area contributed by atoms with Crippen LogP contribution in [0.15, 0.2) is 34.4 Å². The van der Waals surface area contributed by atoms with Gasteiger partial charge in [0.1, 0.15) is 11.5 Å². The van der Waals surface area contributed by atoms with E-state index in [4.69, 9.17) is 9.47 Å². The molecule has 0 saturated carbocycles. The molecule has 30 heavy (non-hydrogen) atoms. The number of aliphatic imine (C=N–C) groups is 1. The van der Waals surface area contributed by atoms with Gasteiger partial charge in [0.25, 0.3) is 0 Å². The van der Waals surface area contributed by atoms with Crippen LogP contribution in [-0.2, 0) is 11.3 Å². The standard InChI is InChI=1S/C20H27N5O3S2/c1-13(2)11-25-18(14(3)28-16-7-5-15(27-4)6-8-16)23-24-20(25)30-12-17(26)22-19-21-9-10-29-19/h5-8,13-14H,9-12H2,1-4H3,(H,21,22,26). The third kappa shape index (κ3) is 6.15. The monoisotopic (exact) mass is 449 g/mol. The highest BCUT2D eigenvalue weighted by molar-refractivity contribution is 8.14. The molecule has 8 nitrogen and oxygen atoms in total. The second-order valence-corrected chi connectivity index (χ2v) is 9.18. The van der Waals surface area contributed by atoms with Crippen molar-refractivity contribution >= 4 is 34.6 Å². The number of rotatable bonds is 9. The highest BCUT2D eigenvalue weighted by atomic mass is 32.2. The van der Waals surface area contributed by atoms with Gasteiger partial charge in [-0.2, -0.15) is 0 Å². The molecule has 1 aliphatic rings. The molecule has 2 aromatic rings. The molecular weight excluding hydrogens is 422 g/mol. The highest BCUT2D eigenvalue weighted by Gasteiger charge is 2.21. The number of amides is 1. The van der Waals surface area contributed by atoms with Gasteiger partial charge in [0.15, 0.2) is 22.3 Å². The minimum atomic E-state index is -0.294. The Morgan fingerprint density at radius 2 is 1.97 bits per heavy atom. The van der Waals surface area contributed by atoms with Gasteiger partial charge in [-0.15, -0.1) is 10.2 Å². The molecule has 2 heterocycles. The Kier molecular flexibility index (Phi) is 8.03. The number of thioether (sulfide) groups is 2. The first-order valence-corrected chi connectivity index (χ1v) is 11.8. The van der Waals surface area contributed by atoms with E-state index in [1.54, 1.807) is 18.9 Å². The molecule has 1 aromatic heterocycles. The lowest BCUT2D eigenvalue weighted by Crippen LogP contribution is -2.29. The van der Waals surface area contributed by atoms with Gasteiger partial charge in [-0.05, 0) is 37.1 Å². The third-order valence-electron chi connectivity index (χ3n) is 4.19. The molecule has 1 N–H and O–H groups in total. The molecule has 0 bridgehead atoms. The first-order valence-electron chi connectivity index (χ1n) is 9.80. The molecule has 3 rings (SSSR count). The number of nitrogens with one attached hydrogen (secondary N) is 1. The lowest BCUT2D eigenvalue weighted by Gasteiger charge is -2.18. The predicted octanol–water partition coefficient (Wildman–Crippen LogP) is 3.39. The van der Waals surface area contributed by atoms with E-state index in [1.807, 2.05) is 35.8 Å². The number of nitrogens with zero attached hydrogens (tertiary/aromatic N) is 4. The van der Waals surface area contributed by atoms with Crippen LogP contribution < -0.4 is 14.8 Å². The predicted molar refractivity (Wildman–Crippen MR) is 121 cm³/mol. The number of benzene rings is 1. The number of carbonyl (C=O) groups excluding carboxylic acids is 1. The maximum absolute atomic E-state index is 12.2. The normalized spacial score (nSPS) is 14.5. The van der Waals surface area contributed by atoms with Crippen molar-refractivity contribution in [2.45, 2.75) is 38.6 Å². The van der Waals surface area contributed by atoms with E-state index in [2.05, 4.69) is 34.4 Å². The number of amidine groups is 1. The Morgan fingerprint density at radius 3 is 2.60 bits per heavy atom. The van der Waals surface area contributed by atoms with E-state index >= 15 is 0 Å². The average molecular weight is 450 g/mol. The number of aromatic nitrogens is 3. The zero-order valence-electron chi connectivity index (χ0n) is 17.6. The van der Waals surface area contributed by atoms with E-state index in [-0.39, 0.29) is 17.8 Å². The second-order valence-electron chi connectivity index (χ2n) is 7.15. The van der Waals surface area contributed by atoms with Gasteiger partial charge in [-0.3, -0.25) is 9.79 Å². The van der Waals surface area contributed by atoms with E-state index in [0.717, 1.165) is 36.2 Å². The van der Waals surface area contributed by atoms with Gasteiger partial charge in [-0.1, -0.05) is 37.4 Å². The van der Waals surface area contributed by atoms with Gasteiger partial charge < -0.3 is 19.4 Å². The van der Waals surface area contributed by atoms with Crippen molar-refractivity contribution in [2.24, 2.45) is 10.9 Å². The Bertz CT molecular complexity index is 883. The summed E-state index contributed by atoms with van der Waals surface area (Å²) in [5.74, 6) is 3.72. The fourth-order valence-corrected chi connectivity index (χ4v) is 4.35. The van der Waals surface area contributed by atoms with Crippen LogP contribution in [0.3, 0.4) is 0 Å². The lowest BCUT2D eigenvalue weighted by molar-refractivity contribution is -0.117. The summed E-state index contributed by atoms with van der Waals surface area (Å²) in [5.41, 5.74) is 0. The molecular formula is C20H27N5O3S2. The largest absolute Gasteiger partial charge is 0.497 e. The van der Waals surface area contributed by atoms with Crippen molar-refractivity contribution in [2.75, 3.05) is 25.2 Å². The fraction of sp³-hybridized carbons (Fsp3) is 0.500. The van der Waals surface area contributed by atoms with E-state index in [1.165, 1.54) is 11.8 Å². The maximum Gasteiger partial charge on any atom is 0.236 e. The first-order chi connectivity index (χ1) is 14.5. The van der Waals surface area contributed by atoms with Crippen molar-refractivity contribution in [1.29, 1.82) is 0 Å². The van der Waals surface area contributed by atoms with E-state index in [0.29, 0.717) is 16.2 Å². The Labute approximate surface area is 185 Å². The van der Waals surface area contributed by atoms with Gasteiger partial charge >= 0.3 is 0 Å². The van der Waals surface area contributed by atoms with Gasteiger partial charge in [0.2, 0.25) is 5.91 Å². The van der Waals surface area contributed by atoms with Crippen LogP contribution in [0.2, 0.25) is 0 Å². The minimum absolute atomic E-state index is 0.0867. The van der Waals surface area contributed by atoms with Crippen LogP contribution in [0, 0.1) is 5.92 Å². The zero-order chi connectivity index (χ0) is 21.5. The fourth-order valence-electron chi connectivity index (χ4n) is 2.85. The lowest BCUT2D eigenvalue weighted by atomic mass is 10.2. The van der Waals surface area contributed by atoms with Crippen LogP contribution in [-0.4, -0.2) is 51.0 Å². The Balaban J connectivity index is 1.67. The Hall–Kier alpha value is -2.20. The van der Waals surface area contributed by atoms with Gasteiger partial charge in [0.05, 0.1) is 19.4 Å². The van der Waals surface area contributed by atoms with Crippen molar-refractivity contribution in [3.05, 3.63) is 30.1 Å². The van der Waals surface area contributed by atoms with Crippen molar-refractivity contribution in [3.8, 4) is 11.5 Å². The zero-order valence-corrected chi connectivity index (χ0v) is 19.3. The second kappa shape index (κ2) is 10.7. The summed E-state index contributed by atoms with van der Waals surface area (Å²) >= 11 is 2.94. The molecule has 10 heteroatoms. The molecule has 1 aliphatic heterocycles. The van der Waals surface area contributed by atoms with Crippen LogP contribution in [0.1, 0.15) is 32.7 Å². The summed E-state index contributed by atoms with van der Waals surface area (Å²) in [6.07, 6.45) is -0.294. The topological polar surface area (TPSA) is 90.6 Å². The summed E-state index contributed by atoms with van der Waals surface area (Å²) in [5, 5.41) is 12.9. The molecule has 1 aromatic carbocycles. The summed E-state index contributed by atoms with van der Waals surface area (Å²) < 4.78 is 13.3. The van der Waals surface area contributed by atoms with Crippen molar-refractivity contribution < 1.29 is 14.3 Å². The highest BCUT2D eigenvalue weighted by Crippen LogP contribution is 2.26. The van der Waals surface area contributed by atoms with Crippen molar-refractivity contribution in [1.82, 2.24) is 20.1 Å². The van der Waals surface area contributed by atoms with E-state index < -0.39 is 0 Å². The molecule has 0 fully saturated rings. The third-order valence-corrected chi connectivity index (χ3v) is 6.05. The average Bonchev–Trinajstić information content (AvgIpc) is 3.36. The van der Waals surface area contributed by atoms with Crippen LogP contribution in [0.4, 0.5) is 0 Å². The first kappa shape index (κ1) is 22.5. The summed E-state index contributed by atoms with van der Waals surface area (Å²) in [6.45, 7) is 7.71. The number of methoxy groups -OCH3 is 1. The van der Waals surface area contributed by atoms with Crippen LogP contribution in [0.5, 0.6) is 11.5 Å². The molecule has 0 spiro atoms. The summed E-state index contributed by atoms with van der Waals surface area (Å²) in [6, 6.07) is 7.44. The number of ether oxygens (including phenoxy) is 2. The SMILES string of the molecule is COc1ccc(OC(C)c2nnc(SCC(=O)NC3=NCCS3)n2CC(C)C)cc1. The molecule has 0 saturated heterocycles. The smallest absolute Gasteiger partial charge is 0.236 e. The Morgan fingerprint density at radius 1 is 1.23 bits per heavy atom. The molecule has 1 unspecified atom stereocenters. The minimum Gasteiger partial charge on any atom is -0.497 e. The number of hydrogen-bond acceptors (Lipinski definition) is 8. The quantitative estimate of drug-likeness (QED) is 0.587. The summed E-state index contributed by atoms with van der Waals surface area (Å²) in [7, 11) is 1.63. The van der Waals surface area contributed by atoms with Crippen molar-refractivity contribution in [3.63, 3.8) is 0 Å². The molecule has 0 aliphatic carbocycles. The summed E-state index contributed by atoms with van der Waals surface area (Å²) in [4.78, 5) is 16.5. The van der Waals surface area contributed by atoms with Crippen LogP contribution in [0.25, 0.3) is 0 Å². The number of hydrogen-bond donors (Lipinski definition) is 1. The number of carbonyl (C=O) groups is 1. The molecule has 1 atom stereocenters. The maximum atomic E-state index is 12.2. The van der Waals surface area contributed by atoms with E-state index in [9.17, 15) is 4.79 Å². The van der Waals surface area contributed by atoms with Gasteiger partial charge in [0, 0.05) is 12.3 Å². The van der Waals surface area contributed by atoms with Gasteiger partial charge in [-0.25, -0.2) is 0 Å².